The van der Waals surface area contributed by atoms with E-state index in [1.165, 1.54) is 36.1 Å². The van der Waals surface area contributed by atoms with E-state index in [9.17, 15) is 0 Å². The highest BCUT2D eigenvalue weighted by Crippen LogP contribution is 2.06. The maximum absolute atomic E-state index is 4.25. The van der Waals surface area contributed by atoms with Crippen LogP contribution in [-0.2, 0) is 20.0 Å². The molecule has 0 saturated heterocycles. The van der Waals surface area contributed by atoms with E-state index in [-0.39, 0.29) is 0 Å². The van der Waals surface area contributed by atoms with Gasteiger partial charge in [0.05, 0.1) is 6.20 Å². The molecule has 0 aliphatic carbocycles. The van der Waals surface area contributed by atoms with Crippen LogP contribution in [0.3, 0.4) is 0 Å². The lowest BCUT2D eigenvalue weighted by Crippen LogP contribution is -2.15. The second-order valence-electron chi connectivity index (χ2n) is 5.00. The standard InChI is InChI=1S/C16H23N3/c1-14-16(13-18-19(14)2)12-17-11-7-6-10-15-8-4-3-5-9-15/h3-5,8-9,13,17H,6-7,10-12H2,1-2H3. The number of nitrogens with one attached hydrogen (secondary N) is 1. The van der Waals surface area contributed by atoms with Crippen molar-refractivity contribution in [3.05, 3.63) is 53.3 Å². The number of nitrogens with zero attached hydrogens (tertiary/aromatic N) is 2. The Labute approximate surface area is 115 Å². The van der Waals surface area contributed by atoms with Gasteiger partial charge >= 0.3 is 0 Å². The summed E-state index contributed by atoms with van der Waals surface area (Å²) in [7, 11) is 1.98. The lowest BCUT2D eigenvalue weighted by atomic mass is 10.1. The van der Waals surface area contributed by atoms with Crippen LogP contribution in [0.4, 0.5) is 0 Å². The number of rotatable bonds is 7. The molecule has 1 N–H and O–H groups in total. The molecule has 1 heterocycles. The first-order valence-corrected chi connectivity index (χ1v) is 6.99. The third-order valence-corrected chi connectivity index (χ3v) is 3.56. The van der Waals surface area contributed by atoms with Crippen LogP contribution >= 0.6 is 0 Å². The lowest BCUT2D eigenvalue weighted by Gasteiger charge is -2.05. The van der Waals surface area contributed by atoms with Crippen LogP contribution < -0.4 is 5.32 Å². The molecule has 3 nitrogen and oxygen atoms in total. The van der Waals surface area contributed by atoms with E-state index in [0.717, 1.165) is 13.1 Å². The first-order valence-electron chi connectivity index (χ1n) is 6.99. The van der Waals surface area contributed by atoms with Gasteiger partial charge in [0, 0.05) is 24.8 Å². The van der Waals surface area contributed by atoms with Crippen molar-refractivity contribution in [3.8, 4) is 0 Å². The summed E-state index contributed by atoms with van der Waals surface area (Å²) in [4.78, 5) is 0. The second-order valence-corrected chi connectivity index (χ2v) is 5.00. The molecule has 102 valence electrons. The van der Waals surface area contributed by atoms with Gasteiger partial charge < -0.3 is 5.32 Å². The number of unbranched alkanes of at least 4 members (excludes halogenated alkanes) is 1. The van der Waals surface area contributed by atoms with E-state index in [2.05, 4.69) is 47.7 Å². The van der Waals surface area contributed by atoms with Gasteiger partial charge in [-0.2, -0.15) is 5.10 Å². The van der Waals surface area contributed by atoms with Crippen LogP contribution in [0.15, 0.2) is 36.5 Å². The maximum atomic E-state index is 4.25. The Bertz CT molecular complexity index is 488. The fourth-order valence-electron chi connectivity index (χ4n) is 2.16. The molecule has 1 aromatic carbocycles. The minimum atomic E-state index is 0.922. The fourth-order valence-corrected chi connectivity index (χ4v) is 2.16. The number of benzene rings is 1. The molecule has 0 spiro atoms. The molecule has 19 heavy (non-hydrogen) atoms. The van der Waals surface area contributed by atoms with E-state index < -0.39 is 0 Å². The lowest BCUT2D eigenvalue weighted by molar-refractivity contribution is 0.620. The molecular weight excluding hydrogens is 234 g/mol. The van der Waals surface area contributed by atoms with Gasteiger partial charge in [0.2, 0.25) is 0 Å². The second kappa shape index (κ2) is 7.10. The number of hydrogen-bond acceptors (Lipinski definition) is 2. The molecule has 0 saturated carbocycles. The molecule has 3 heteroatoms. The van der Waals surface area contributed by atoms with Crippen LogP contribution in [0.25, 0.3) is 0 Å². The summed E-state index contributed by atoms with van der Waals surface area (Å²) in [6.45, 7) is 4.10. The summed E-state index contributed by atoms with van der Waals surface area (Å²) < 4.78 is 1.92. The molecule has 1 aromatic heterocycles. The highest BCUT2D eigenvalue weighted by molar-refractivity contribution is 5.15. The van der Waals surface area contributed by atoms with Gasteiger partial charge in [0.25, 0.3) is 0 Å². The zero-order chi connectivity index (χ0) is 13.5. The van der Waals surface area contributed by atoms with Crippen molar-refractivity contribution in [2.45, 2.75) is 32.7 Å². The zero-order valence-electron chi connectivity index (χ0n) is 11.9. The SMILES string of the molecule is Cc1c(CNCCCCc2ccccc2)cnn1C. The third kappa shape index (κ3) is 4.21. The Morgan fingerprint density at radius 3 is 2.63 bits per heavy atom. The minimum Gasteiger partial charge on any atom is -0.313 e. The number of aryl methyl sites for hydroxylation is 2. The Morgan fingerprint density at radius 2 is 1.95 bits per heavy atom. The van der Waals surface area contributed by atoms with Crippen molar-refractivity contribution in [1.82, 2.24) is 15.1 Å². The molecule has 0 aliphatic heterocycles. The highest BCUT2D eigenvalue weighted by Gasteiger charge is 2.02. The van der Waals surface area contributed by atoms with E-state index in [1.54, 1.807) is 0 Å². The van der Waals surface area contributed by atoms with Gasteiger partial charge in [-0.05, 0) is 38.3 Å². The predicted molar refractivity (Wildman–Crippen MR) is 79.0 cm³/mol. The van der Waals surface area contributed by atoms with Gasteiger partial charge in [-0.3, -0.25) is 4.68 Å². The molecule has 0 amide bonds. The maximum Gasteiger partial charge on any atom is 0.0537 e. The Balaban J connectivity index is 1.59. The summed E-state index contributed by atoms with van der Waals surface area (Å²) in [5.74, 6) is 0. The molecule has 0 fully saturated rings. The van der Waals surface area contributed by atoms with Crippen molar-refractivity contribution >= 4 is 0 Å². The van der Waals surface area contributed by atoms with Crippen molar-refractivity contribution in [1.29, 1.82) is 0 Å². The number of hydrogen-bond donors (Lipinski definition) is 1. The molecular formula is C16H23N3. The summed E-state index contributed by atoms with van der Waals surface area (Å²) in [6.07, 6.45) is 5.58. The quantitative estimate of drug-likeness (QED) is 0.773. The monoisotopic (exact) mass is 257 g/mol. The fraction of sp³-hybridized carbons (Fsp3) is 0.438. The molecule has 0 aliphatic rings. The summed E-state index contributed by atoms with van der Waals surface area (Å²) in [5, 5.41) is 7.74. The zero-order valence-corrected chi connectivity index (χ0v) is 11.9. The van der Waals surface area contributed by atoms with Crippen molar-refractivity contribution in [3.63, 3.8) is 0 Å². The Morgan fingerprint density at radius 1 is 1.16 bits per heavy atom. The van der Waals surface area contributed by atoms with Crippen LogP contribution in [-0.4, -0.2) is 16.3 Å². The van der Waals surface area contributed by atoms with Gasteiger partial charge in [0.1, 0.15) is 0 Å². The summed E-state index contributed by atoms with van der Waals surface area (Å²) in [6, 6.07) is 10.7. The van der Waals surface area contributed by atoms with Crippen LogP contribution in [0.1, 0.15) is 29.7 Å². The van der Waals surface area contributed by atoms with Crippen molar-refractivity contribution < 1.29 is 0 Å². The van der Waals surface area contributed by atoms with E-state index in [0.29, 0.717) is 0 Å². The normalized spacial score (nSPS) is 10.8. The van der Waals surface area contributed by atoms with Crippen molar-refractivity contribution in [2.75, 3.05) is 6.54 Å². The Hall–Kier alpha value is -1.61. The molecule has 0 atom stereocenters. The average Bonchev–Trinajstić information content (AvgIpc) is 2.75. The molecule has 2 aromatic rings. The van der Waals surface area contributed by atoms with Gasteiger partial charge in [-0.15, -0.1) is 0 Å². The Kier molecular flexibility index (Phi) is 5.16. The summed E-state index contributed by atoms with van der Waals surface area (Å²) in [5.41, 5.74) is 3.98. The topological polar surface area (TPSA) is 29.9 Å². The van der Waals surface area contributed by atoms with Gasteiger partial charge in [0.15, 0.2) is 0 Å². The van der Waals surface area contributed by atoms with Crippen molar-refractivity contribution in [2.24, 2.45) is 7.05 Å². The highest BCUT2D eigenvalue weighted by atomic mass is 15.3. The smallest absolute Gasteiger partial charge is 0.0537 e. The van der Waals surface area contributed by atoms with E-state index in [1.807, 2.05) is 17.9 Å². The largest absolute Gasteiger partial charge is 0.313 e. The molecule has 0 radical (unpaired) electrons. The van der Waals surface area contributed by atoms with Crippen LogP contribution in [0.2, 0.25) is 0 Å². The van der Waals surface area contributed by atoms with E-state index in [4.69, 9.17) is 0 Å². The first-order chi connectivity index (χ1) is 9.27. The number of aromatic nitrogens is 2. The molecule has 0 bridgehead atoms. The van der Waals surface area contributed by atoms with Gasteiger partial charge in [-0.25, -0.2) is 0 Å². The molecule has 2 rings (SSSR count). The summed E-state index contributed by atoms with van der Waals surface area (Å²) >= 11 is 0. The first kappa shape index (κ1) is 13.8. The van der Waals surface area contributed by atoms with Crippen LogP contribution in [0, 0.1) is 6.92 Å². The molecule has 0 unspecified atom stereocenters. The average molecular weight is 257 g/mol. The van der Waals surface area contributed by atoms with Crippen LogP contribution in [0.5, 0.6) is 0 Å². The minimum absolute atomic E-state index is 0.922. The van der Waals surface area contributed by atoms with E-state index >= 15 is 0 Å². The predicted octanol–water partition coefficient (Wildman–Crippen LogP) is 2.84. The third-order valence-electron chi connectivity index (χ3n) is 3.56. The van der Waals surface area contributed by atoms with Gasteiger partial charge in [-0.1, -0.05) is 30.3 Å².